The standard InChI is InChI=1S/C10H12N2O2/c13-9(14)8-5-7-6-10(1-2-10)3-4-12(7)11-8/h5H,1-4,6H2,(H,13,14). The van der Waals surface area contributed by atoms with E-state index in [1.54, 1.807) is 6.07 Å². The lowest BCUT2D eigenvalue weighted by atomic mass is 9.93. The van der Waals surface area contributed by atoms with Crippen LogP contribution in [0, 0.1) is 5.41 Å². The molecule has 1 aromatic rings. The Kier molecular flexibility index (Phi) is 1.36. The van der Waals surface area contributed by atoms with E-state index < -0.39 is 5.97 Å². The number of aromatic nitrogens is 2. The maximum absolute atomic E-state index is 10.7. The number of aromatic carboxylic acids is 1. The number of hydrogen-bond donors (Lipinski definition) is 1. The van der Waals surface area contributed by atoms with Crippen molar-refractivity contribution in [2.24, 2.45) is 5.41 Å². The van der Waals surface area contributed by atoms with Crippen LogP contribution in [-0.4, -0.2) is 20.9 Å². The second kappa shape index (κ2) is 2.38. The average molecular weight is 192 g/mol. The number of carbonyl (C=O) groups is 1. The minimum absolute atomic E-state index is 0.192. The molecule has 1 saturated carbocycles. The fraction of sp³-hybridized carbons (Fsp3) is 0.600. The number of hydrogen-bond acceptors (Lipinski definition) is 2. The molecule has 0 saturated heterocycles. The van der Waals surface area contributed by atoms with Crippen LogP contribution in [0.1, 0.15) is 35.4 Å². The first-order chi connectivity index (χ1) is 6.69. The predicted molar refractivity (Wildman–Crippen MR) is 49.2 cm³/mol. The highest BCUT2D eigenvalue weighted by atomic mass is 16.4. The molecule has 1 spiro atoms. The van der Waals surface area contributed by atoms with Gasteiger partial charge in [-0.1, -0.05) is 0 Å². The first-order valence-electron chi connectivity index (χ1n) is 4.99. The Morgan fingerprint density at radius 3 is 2.93 bits per heavy atom. The van der Waals surface area contributed by atoms with Crippen LogP contribution in [0.2, 0.25) is 0 Å². The molecule has 1 N–H and O–H groups in total. The molecular weight excluding hydrogens is 180 g/mol. The van der Waals surface area contributed by atoms with E-state index in [1.807, 2.05) is 4.68 Å². The third-order valence-corrected chi connectivity index (χ3v) is 3.45. The van der Waals surface area contributed by atoms with Gasteiger partial charge < -0.3 is 5.11 Å². The monoisotopic (exact) mass is 192 g/mol. The van der Waals surface area contributed by atoms with Gasteiger partial charge in [-0.05, 0) is 37.2 Å². The molecule has 4 nitrogen and oxygen atoms in total. The van der Waals surface area contributed by atoms with E-state index in [2.05, 4.69) is 5.10 Å². The third-order valence-electron chi connectivity index (χ3n) is 3.45. The normalized spacial score (nSPS) is 22.0. The summed E-state index contributed by atoms with van der Waals surface area (Å²) in [6.07, 6.45) is 4.80. The SMILES string of the molecule is O=C(O)c1cc2n(n1)CCC1(CC1)C2. The molecule has 2 heterocycles. The van der Waals surface area contributed by atoms with Gasteiger partial charge in [-0.3, -0.25) is 4.68 Å². The highest BCUT2D eigenvalue weighted by molar-refractivity contribution is 5.85. The summed E-state index contributed by atoms with van der Waals surface area (Å²) in [5.41, 5.74) is 1.81. The first kappa shape index (κ1) is 8.03. The van der Waals surface area contributed by atoms with Crippen molar-refractivity contribution in [1.29, 1.82) is 0 Å². The van der Waals surface area contributed by atoms with E-state index in [4.69, 9.17) is 5.11 Å². The van der Waals surface area contributed by atoms with E-state index in [0.717, 1.165) is 18.7 Å². The van der Waals surface area contributed by atoms with E-state index in [1.165, 1.54) is 19.3 Å². The number of aryl methyl sites for hydroxylation is 1. The summed E-state index contributed by atoms with van der Waals surface area (Å²) in [5, 5.41) is 12.9. The van der Waals surface area contributed by atoms with Crippen molar-refractivity contribution in [3.63, 3.8) is 0 Å². The van der Waals surface area contributed by atoms with Crippen LogP contribution in [0.4, 0.5) is 0 Å². The maximum Gasteiger partial charge on any atom is 0.356 e. The molecular formula is C10H12N2O2. The zero-order valence-electron chi connectivity index (χ0n) is 7.86. The number of carboxylic acid groups (broad SMARTS) is 1. The Bertz CT molecular complexity index is 404. The van der Waals surface area contributed by atoms with Crippen molar-refractivity contribution in [1.82, 2.24) is 9.78 Å². The van der Waals surface area contributed by atoms with Gasteiger partial charge in [-0.25, -0.2) is 4.79 Å². The highest BCUT2D eigenvalue weighted by Gasteiger charge is 2.45. The summed E-state index contributed by atoms with van der Waals surface area (Å²) in [4.78, 5) is 10.7. The fourth-order valence-electron chi connectivity index (χ4n) is 2.32. The Morgan fingerprint density at radius 1 is 1.50 bits per heavy atom. The molecule has 2 aliphatic rings. The minimum atomic E-state index is -0.920. The molecule has 1 fully saturated rings. The lowest BCUT2D eigenvalue weighted by Gasteiger charge is -2.21. The molecule has 0 aromatic carbocycles. The molecule has 0 atom stereocenters. The summed E-state index contributed by atoms with van der Waals surface area (Å²) in [7, 11) is 0. The van der Waals surface area contributed by atoms with E-state index in [-0.39, 0.29) is 5.69 Å². The van der Waals surface area contributed by atoms with Crippen molar-refractivity contribution in [2.45, 2.75) is 32.2 Å². The molecule has 1 aromatic heterocycles. The molecule has 0 bridgehead atoms. The van der Waals surface area contributed by atoms with Gasteiger partial charge in [0, 0.05) is 12.2 Å². The van der Waals surface area contributed by atoms with Crippen LogP contribution >= 0.6 is 0 Å². The van der Waals surface area contributed by atoms with Gasteiger partial charge in [0.15, 0.2) is 5.69 Å². The average Bonchev–Trinajstić information content (AvgIpc) is 2.76. The zero-order chi connectivity index (χ0) is 9.76. The largest absolute Gasteiger partial charge is 0.476 e. The van der Waals surface area contributed by atoms with Crippen molar-refractivity contribution < 1.29 is 9.90 Å². The highest BCUT2D eigenvalue weighted by Crippen LogP contribution is 2.53. The van der Waals surface area contributed by atoms with Gasteiger partial charge in [0.05, 0.1) is 0 Å². The van der Waals surface area contributed by atoms with Gasteiger partial charge in [-0.2, -0.15) is 5.10 Å². The lowest BCUT2D eigenvalue weighted by Crippen LogP contribution is -2.20. The molecule has 1 aliphatic heterocycles. The summed E-state index contributed by atoms with van der Waals surface area (Å²) >= 11 is 0. The van der Waals surface area contributed by atoms with Crippen LogP contribution in [0.25, 0.3) is 0 Å². The third kappa shape index (κ3) is 1.06. The lowest BCUT2D eigenvalue weighted by molar-refractivity contribution is 0.0689. The summed E-state index contributed by atoms with van der Waals surface area (Å²) in [5.74, 6) is -0.920. The van der Waals surface area contributed by atoms with E-state index in [0.29, 0.717) is 5.41 Å². The van der Waals surface area contributed by atoms with Gasteiger partial charge >= 0.3 is 5.97 Å². The van der Waals surface area contributed by atoms with Crippen molar-refractivity contribution in [2.75, 3.05) is 0 Å². The molecule has 3 rings (SSSR count). The number of fused-ring (bicyclic) bond motifs is 1. The Morgan fingerprint density at radius 2 is 2.29 bits per heavy atom. The molecule has 74 valence electrons. The van der Waals surface area contributed by atoms with E-state index in [9.17, 15) is 4.79 Å². The number of rotatable bonds is 1. The second-order valence-corrected chi connectivity index (χ2v) is 4.48. The second-order valence-electron chi connectivity index (χ2n) is 4.48. The predicted octanol–water partition coefficient (Wildman–Crippen LogP) is 1.31. The number of carboxylic acids is 1. The van der Waals surface area contributed by atoms with Crippen LogP contribution in [-0.2, 0) is 13.0 Å². The van der Waals surface area contributed by atoms with Gasteiger partial charge in [0.25, 0.3) is 0 Å². The zero-order valence-corrected chi connectivity index (χ0v) is 7.86. The Labute approximate surface area is 81.5 Å². The smallest absolute Gasteiger partial charge is 0.356 e. The van der Waals surface area contributed by atoms with Gasteiger partial charge in [0.1, 0.15) is 0 Å². The Hall–Kier alpha value is -1.32. The summed E-state index contributed by atoms with van der Waals surface area (Å²) in [6.45, 7) is 0.891. The molecule has 0 radical (unpaired) electrons. The minimum Gasteiger partial charge on any atom is -0.476 e. The van der Waals surface area contributed by atoms with Crippen LogP contribution < -0.4 is 0 Å². The molecule has 4 heteroatoms. The quantitative estimate of drug-likeness (QED) is 0.729. The van der Waals surface area contributed by atoms with Crippen molar-refractivity contribution in [3.8, 4) is 0 Å². The number of nitrogens with zero attached hydrogens (tertiary/aromatic N) is 2. The summed E-state index contributed by atoms with van der Waals surface area (Å²) in [6, 6.07) is 1.72. The molecule has 0 unspecified atom stereocenters. The van der Waals surface area contributed by atoms with Gasteiger partial charge in [0.2, 0.25) is 0 Å². The van der Waals surface area contributed by atoms with Gasteiger partial charge in [-0.15, -0.1) is 0 Å². The van der Waals surface area contributed by atoms with Crippen molar-refractivity contribution in [3.05, 3.63) is 17.5 Å². The topological polar surface area (TPSA) is 55.1 Å². The molecule has 14 heavy (non-hydrogen) atoms. The summed E-state index contributed by atoms with van der Waals surface area (Å²) < 4.78 is 1.85. The van der Waals surface area contributed by atoms with Crippen LogP contribution in [0.15, 0.2) is 6.07 Å². The Balaban J connectivity index is 1.97. The maximum atomic E-state index is 10.7. The van der Waals surface area contributed by atoms with Crippen LogP contribution in [0.5, 0.6) is 0 Å². The molecule has 1 aliphatic carbocycles. The fourth-order valence-corrected chi connectivity index (χ4v) is 2.32. The van der Waals surface area contributed by atoms with Crippen LogP contribution in [0.3, 0.4) is 0 Å². The first-order valence-corrected chi connectivity index (χ1v) is 4.99. The van der Waals surface area contributed by atoms with E-state index >= 15 is 0 Å². The van der Waals surface area contributed by atoms with Crippen molar-refractivity contribution >= 4 is 5.97 Å². The molecule has 0 amide bonds.